The first-order chi connectivity index (χ1) is 9.49. The molecule has 0 saturated carbocycles. The van der Waals surface area contributed by atoms with Crippen molar-refractivity contribution in [3.8, 4) is 11.1 Å². The van der Waals surface area contributed by atoms with Gasteiger partial charge in [0.25, 0.3) is 5.76 Å². The molecule has 0 unspecified atom stereocenters. The molecule has 0 amide bonds. The Morgan fingerprint density at radius 1 is 1.10 bits per heavy atom. The number of halogens is 3. The van der Waals surface area contributed by atoms with Gasteiger partial charge in [0.2, 0.25) is 0 Å². The van der Waals surface area contributed by atoms with Crippen LogP contribution < -0.4 is 0 Å². The van der Waals surface area contributed by atoms with Gasteiger partial charge in [-0.15, -0.1) is 0 Å². The van der Waals surface area contributed by atoms with E-state index in [4.69, 9.17) is 5.11 Å². The minimum Gasteiger partial charge on any atom is -0.478 e. The van der Waals surface area contributed by atoms with Gasteiger partial charge in [0.15, 0.2) is 0 Å². The number of carboxylic acids is 1. The van der Waals surface area contributed by atoms with Gasteiger partial charge in [0, 0.05) is 10.5 Å². The standard InChI is InChI=1S/C14H9F3O2S/c15-12-10(2-1-3-11(12)13(18)19)8-4-6-9(7-5-8)20-14(16)17/h1-7,14H,(H,18,19). The number of carbonyl (C=O) groups is 1. The number of aromatic carboxylic acids is 1. The average molecular weight is 298 g/mol. The van der Waals surface area contributed by atoms with Crippen LogP contribution in [0.4, 0.5) is 13.2 Å². The van der Waals surface area contributed by atoms with Crippen LogP contribution in [0.15, 0.2) is 47.4 Å². The van der Waals surface area contributed by atoms with Gasteiger partial charge in [-0.2, -0.15) is 8.78 Å². The van der Waals surface area contributed by atoms with Gasteiger partial charge in [-0.25, -0.2) is 9.18 Å². The van der Waals surface area contributed by atoms with Crippen LogP contribution >= 0.6 is 11.8 Å². The number of carboxylic acid groups (broad SMARTS) is 1. The molecule has 0 saturated heterocycles. The highest BCUT2D eigenvalue weighted by Gasteiger charge is 2.15. The quantitative estimate of drug-likeness (QED) is 0.844. The SMILES string of the molecule is O=C(O)c1cccc(-c2ccc(SC(F)F)cc2)c1F. The lowest BCUT2D eigenvalue weighted by molar-refractivity contribution is 0.0692. The third-order valence-corrected chi connectivity index (χ3v) is 3.34. The molecule has 0 atom stereocenters. The van der Waals surface area contributed by atoms with Crippen LogP contribution in [0.3, 0.4) is 0 Å². The van der Waals surface area contributed by atoms with E-state index in [1.165, 1.54) is 42.5 Å². The highest BCUT2D eigenvalue weighted by Crippen LogP contribution is 2.29. The monoisotopic (exact) mass is 298 g/mol. The van der Waals surface area contributed by atoms with Crippen molar-refractivity contribution in [1.29, 1.82) is 0 Å². The van der Waals surface area contributed by atoms with E-state index in [9.17, 15) is 18.0 Å². The van der Waals surface area contributed by atoms with Gasteiger partial charge in [0.1, 0.15) is 5.82 Å². The molecule has 2 nitrogen and oxygen atoms in total. The third kappa shape index (κ3) is 3.14. The second-order valence-corrected chi connectivity index (χ2v) is 4.94. The van der Waals surface area contributed by atoms with Crippen molar-refractivity contribution in [2.75, 3.05) is 0 Å². The summed E-state index contributed by atoms with van der Waals surface area (Å²) in [5, 5.41) is 8.85. The van der Waals surface area contributed by atoms with Crippen molar-refractivity contribution in [3.05, 3.63) is 53.8 Å². The maximum absolute atomic E-state index is 14.0. The summed E-state index contributed by atoms with van der Waals surface area (Å²) >= 11 is 0.393. The smallest absolute Gasteiger partial charge is 0.338 e. The largest absolute Gasteiger partial charge is 0.478 e. The predicted molar refractivity (Wildman–Crippen MR) is 70.7 cm³/mol. The Morgan fingerprint density at radius 3 is 2.30 bits per heavy atom. The maximum atomic E-state index is 14.0. The van der Waals surface area contributed by atoms with Gasteiger partial charge in [-0.05, 0) is 23.8 Å². The summed E-state index contributed by atoms with van der Waals surface area (Å²) < 4.78 is 38.4. The minimum absolute atomic E-state index is 0.124. The van der Waals surface area contributed by atoms with Crippen molar-refractivity contribution in [3.63, 3.8) is 0 Å². The fourth-order valence-electron chi connectivity index (χ4n) is 1.74. The first-order valence-electron chi connectivity index (χ1n) is 5.56. The van der Waals surface area contributed by atoms with Gasteiger partial charge in [0.05, 0.1) is 5.56 Å². The summed E-state index contributed by atoms with van der Waals surface area (Å²) in [6, 6.07) is 9.89. The van der Waals surface area contributed by atoms with E-state index in [1.54, 1.807) is 0 Å². The zero-order valence-electron chi connectivity index (χ0n) is 10.0. The highest BCUT2D eigenvalue weighted by molar-refractivity contribution is 7.99. The number of alkyl halides is 2. The Bertz CT molecular complexity index is 627. The highest BCUT2D eigenvalue weighted by atomic mass is 32.2. The topological polar surface area (TPSA) is 37.3 Å². The number of thioether (sulfide) groups is 1. The van der Waals surface area contributed by atoms with E-state index in [0.29, 0.717) is 22.2 Å². The molecular weight excluding hydrogens is 289 g/mol. The Kier molecular flexibility index (Phi) is 4.34. The van der Waals surface area contributed by atoms with E-state index in [0.717, 1.165) is 0 Å². The lowest BCUT2D eigenvalue weighted by atomic mass is 10.0. The molecule has 0 radical (unpaired) electrons. The number of hydrogen-bond acceptors (Lipinski definition) is 2. The minimum atomic E-state index is -2.52. The summed E-state index contributed by atoms with van der Waals surface area (Å²) in [7, 11) is 0. The van der Waals surface area contributed by atoms with Gasteiger partial charge in [-0.1, -0.05) is 36.0 Å². The predicted octanol–water partition coefficient (Wildman–Crippen LogP) is 4.51. The molecule has 0 heterocycles. The summed E-state index contributed by atoms with van der Waals surface area (Å²) in [5.41, 5.74) is 0.135. The van der Waals surface area contributed by atoms with Crippen LogP contribution in [0.25, 0.3) is 11.1 Å². The molecule has 6 heteroatoms. The van der Waals surface area contributed by atoms with E-state index >= 15 is 0 Å². The van der Waals surface area contributed by atoms with Crippen LogP contribution in [0.5, 0.6) is 0 Å². The van der Waals surface area contributed by atoms with Gasteiger partial charge in [-0.3, -0.25) is 0 Å². The van der Waals surface area contributed by atoms with Gasteiger partial charge >= 0.3 is 5.97 Å². The van der Waals surface area contributed by atoms with Crippen molar-refractivity contribution < 1.29 is 23.1 Å². The normalized spacial score (nSPS) is 10.8. The molecule has 0 fully saturated rings. The molecule has 2 aromatic rings. The summed E-state index contributed by atoms with van der Waals surface area (Å²) in [6.07, 6.45) is 0. The van der Waals surface area contributed by atoms with E-state index < -0.39 is 23.1 Å². The van der Waals surface area contributed by atoms with E-state index in [1.807, 2.05) is 0 Å². The fourth-order valence-corrected chi connectivity index (χ4v) is 2.23. The first kappa shape index (κ1) is 14.5. The Hall–Kier alpha value is -1.95. The molecule has 0 aromatic heterocycles. The number of benzene rings is 2. The average Bonchev–Trinajstić information content (AvgIpc) is 2.39. The second kappa shape index (κ2) is 6.00. The zero-order valence-corrected chi connectivity index (χ0v) is 10.8. The molecule has 1 N–H and O–H groups in total. The van der Waals surface area contributed by atoms with Crippen LogP contribution in [0, 0.1) is 5.82 Å². The fraction of sp³-hybridized carbons (Fsp3) is 0.0714. The molecule has 0 aliphatic heterocycles. The lowest BCUT2D eigenvalue weighted by Gasteiger charge is -2.07. The molecule has 2 rings (SSSR count). The van der Waals surface area contributed by atoms with E-state index in [-0.39, 0.29) is 5.56 Å². The van der Waals surface area contributed by atoms with Crippen molar-refractivity contribution in [2.24, 2.45) is 0 Å². The molecule has 0 spiro atoms. The van der Waals surface area contributed by atoms with Crippen LogP contribution in [0.1, 0.15) is 10.4 Å². The Balaban J connectivity index is 2.37. The van der Waals surface area contributed by atoms with Crippen LogP contribution in [-0.4, -0.2) is 16.8 Å². The summed E-state index contributed by atoms with van der Waals surface area (Å²) in [6.45, 7) is 0. The van der Waals surface area contributed by atoms with Crippen molar-refractivity contribution >= 4 is 17.7 Å². The molecule has 20 heavy (non-hydrogen) atoms. The molecule has 0 aliphatic carbocycles. The first-order valence-corrected chi connectivity index (χ1v) is 6.44. The Labute approximate surface area is 117 Å². The molecule has 0 aliphatic rings. The Morgan fingerprint density at radius 2 is 1.75 bits per heavy atom. The van der Waals surface area contributed by atoms with Crippen molar-refractivity contribution in [1.82, 2.24) is 0 Å². The van der Waals surface area contributed by atoms with Crippen LogP contribution in [0.2, 0.25) is 0 Å². The molecule has 0 bridgehead atoms. The lowest BCUT2D eigenvalue weighted by Crippen LogP contribution is -2.01. The summed E-state index contributed by atoms with van der Waals surface area (Å²) in [5.74, 6) is -4.71. The summed E-state index contributed by atoms with van der Waals surface area (Å²) in [4.78, 5) is 11.2. The third-order valence-electron chi connectivity index (χ3n) is 2.62. The molecule has 2 aromatic carbocycles. The zero-order chi connectivity index (χ0) is 14.7. The van der Waals surface area contributed by atoms with Crippen LogP contribution in [-0.2, 0) is 0 Å². The number of rotatable bonds is 4. The maximum Gasteiger partial charge on any atom is 0.338 e. The second-order valence-electron chi connectivity index (χ2n) is 3.88. The number of hydrogen-bond donors (Lipinski definition) is 1. The molecule has 104 valence electrons. The van der Waals surface area contributed by atoms with E-state index in [2.05, 4.69) is 0 Å². The van der Waals surface area contributed by atoms with Crippen molar-refractivity contribution in [2.45, 2.75) is 10.7 Å². The molecular formula is C14H9F3O2S. The van der Waals surface area contributed by atoms with Gasteiger partial charge < -0.3 is 5.11 Å².